The first-order valence-electron chi connectivity index (χ1n) is 7.84. The molecule has 0 amide bonds. The highest BCUT2D eigenvalue weighted by atomic mass is 16.5. The van der Waals surface area contributed by atoms with E-state index in [9.17, 15) is 4.79 Å². The number of nitrogens with zero attached hydrogens (tertiary/aromatic N) is 1. The van der Waals surface area contributed by atoms with Gasteiger partial charge >= 0.3 is 0 Å². The number of aromatic nitrogens is 1. The molecule has 0 saturated carbocycles. The number of nitrogens with one attached hydrogen (secondary N) is 2. The van der Waals surface area contributed by atoms with Gasteiger partial charge in [-0.2, -0.15) is 0 Å². The maximum atomic E-state index is 13.0. The highest BCUT2D eigenvalue weighted by Crippen LogP contribution is 2.44. The summed E-state index contributed by atoms with van der Waals surface area (Å²) in [7, 11) is 0. The minimum absolute atomic E-state index is 0.0142. The molecule has 116 valence electrons. The van der Waals surface area contributed by atoms with Crippen LogP contribution in [0.25, 0.3) is 22.2 Å². The number of fused-ring (bicyclic) bond motifs is 2. The van der Waals surface area contributed by atoms with Crippen LogP contribution in [0.5, 0.6) is 0 Å². The molecule has 5 heteroatoms. The fraction of sp³-hybridized carbons (Fsp3) is 0.222. The topological polar surface area (TPSA) is 67.2 Å². The van der Waals surface area contributed by atoms with E-state index in [1.165, 1.54) is 0 Å². The number of rotatable bonds is 4. The Morgan fingerprint density at radius 1 is 1.04 bits per heavy atom. The zero-order valence-electron chi connectivity index (χ0n) is 13.1. The summed E-state index contributed by atoms with van der Waals surface area (Å²) in [5.41, 5.74) is 4.53. The third-order valence-electron chi connectivity index (χ3n) is 4.13. The molecule has 0 radical (unpaired) electrons. The van der Waals surface area contributed by atoms with Gasteiger partial charge in [-0.25, -0.2) is 0 Å². The Bertz CT molecular complexity index is 927. The van der Waals surface area contributed by atoms with E-state index in [0.717, 1.165) is 35.4 Å². The molecule has 4 rings (SSSR count). The Kier molecular flexibility index (Phi) is 3.08. The maximum Gasteiger partial charge on any atom is 0.196 e. The quantitative estimate of drug-likeness (QED) is 0.598. The molecular weight excluding hydrogens is 290 g/mol. The van der Waals surface area contributed by atoms with Gasteiger partial charge in [-0.3, -0.25) is 4.79 Å². The number of hydrogen-bond acceptors (Lipinski definition) is 5. The van der Waals surface area contributed by atoms with Crippen LogP contribution >= 0.6 is 0 Å². The molecule has 2 aromatic carbocycles. The van der Waals surface area contributed by atoms with E-state index >= 15 is 0 Å². The largest absolute Gasteiger partial charge is 0.385 e. The zero-order chi connectivity index (χ0) is 16.0. The molecule has 1 aliphatic rings. The minimum atomic E-state index is 0.0142. The SMILES string of the molecule is CCNc1cc(NCC)c2noc3c2c1C(=O)c1ccccc1-3. The van der Waals surface area contributed by atoms with Crippen LogP contribution in [0, 0.1) is 0 Å². The summed E-state index contributed by atoms with van der Waals surface area (Å²) in [5, 5.41) is 11.6. The molecule has 0 aliphatic heterocycles. The van der Waals surface area contributed by atoms with Gasteiger partial charge in [0, 0.05) is 29.9 Å². The van der Waals surface area contributed by atoms with E-state index in [2.05, 4.69) is 15.8 Å². The van der Waals surface area contributed by atoms with Gasteiger partial charge in [0.05, 0.1) is 16.6 Å². The summed E-state index contributed by atoms with van der Waals surface area (Å²) in [6.45, 7) is 5.55. The van der Waals surface area contributed by atoms with Gasteiger partial charge in [0.2, 0.25) is 0 Å². The summed E-state index contributed by atoms with van der Waals surface area (Å²) in [6.07, 6.45) is 0. The van der Waals surface area contributed by atoms with Crippen LogP contribution in [-0.2, 0) is 0 Å². The van der Waals surface area contributed by atoms with E-state index in [4.69, 9.17) is 4.52 Å². The fourth-order valence-electron chi connectivity index (χ4n) is 3.21. The first-order valence-corrected chi connectivity index (χ1v) is 7.84. The Morgan fingerprint density at radius 3 is 2.48 bits per heavy atom. The molecule has 3 aromatic rings. The van der Waals surface area contributed by atoms with Crippen LogP contribution in [0.15, 0.2) is 34.9 Å². The van der Waals surface area contributed by atoms with Crippen LogP contribution < -0.4 is 10.6 Å². The van der Waals surface area contributed by atoms with E-state index in [1.807, 2.05) is 44.2 Å². The van der Waals surface area contributed by atoms with E-state index < -0.39 is 0 Å². The van der Waals surface area contributed by atoms with Crippen LogP contribution in [0.2, 0.25) is 0 Å². The van der Waals surface area contributed by atoms with Gasteiger partial charge in [0.25, 0.3) is 0 Å². The first kappa shape index (κ1) is 13.8. The van der Waals surface area contributed by atoms with Crippen molar-refractivity contribution in [1.29, 1.82) is 0 Å². The molecule has 0 unspecified atom stereocenters. The van der Waals surface area contributed by atoms with Crippen molar-refractivity contribution in [3.8, 4) is 11.3 Å². The average molecular weight is 307 g/mol. The standard InChI is InChI=1S/C18H17N3O2/c1-3-19-12-9-13(20-4-2)16-15-14(12)17(22)10-7-5-6-8-11(10)18(15)23-21-16/h5-9,19-20H,3-4H2,1-2H3. The van der Waals surface area contributed by atoms with E-state index in [0.29, 0.717) is 22.4 Å². The first-order chi connectivity index (χ1) is 11.3. The number of benzene rings is 2. The number of hydrogen-bond donors (Lipinski definition) is 2. The number of ketones is 1. The van der Waals surface area contributed by atoms with Crippen LogP contribution in [0.4, 0.5) is 11.4 Å². The Balaban J connectivity index is 2.12. The summed E-state index contributed by atoms with van der Waals surface area (Å²) in [6, 6.07) is 9.47. The number of anilines is 2. The molecule has 1 aromatic heterocycles. The molecule has 0 spiro atoms. The van der Waals surface area contributed by atoms with Crippen LogP contribution in [0.1, 0.15) is 29.8 Å². The van der Waals surface area contributed by atoms with Crippen LogP contribution in [-0.4, -0.2) is 24.0 Å². The van der Waals surface area contributed by atoms with E-state index in [1.54, 1.807) is 0 Å². The van der Waals surface area contributed by atoms with Crippen LogP contribution in [0.3, 0.4) is 0 Å². The number of carbonyl (C=O) groups is 1. The van der Waals surface area contributed by atoms with Gasteiger partial charge in [-0.1, -0.05) is 29.4 Å². The molecule has 0 bridgehead atoms. The van der Waals surface area contributed by atoms with Gasteiger partial charge in [-0.15, -0.1) is 0 Å². The van der Waals surface area contributed by atoms with Gasteiger partial charge in [-0.05, 0) is 19.9 Å². The monoisotopic (exact) mass is 307 g/mol. The predicted octanol–water partition coefficient (Wildman–Crippen LogP) is 3.90. The molecule has 1 heterocycles. The van der Waals surface area contributed by atoms with Crippen molar-refractivity contribution >= 4 is 28.1 Å². The van der Waals surface area contributed by atoms with E-state index in [-0.39, 0.29) is 5.78 Å². The predicted molar refractivity (Wildman–Crippen MR) is 91.2 cm³/mol. The van der Waals surface area contributed by atoms with Gasteiger partial charge in [0.1, 0.15) is 5.52 Å². The second-order valence-corrected chi connectivity index (χ2v) is 5.52. The lowest BCUT2D eigenvalue weighted by atomic mass is 9.86. The van der Waals surface area contributed by atoms with Crippen molar-refractivity contribution in [1.82, 2.24) is 5.16 Å². The van der Waals surface area contributed by atoms with Crippen molar-refractivity contribution in [3.63, 3.8) is 0 Å². The lowest BCUT2D eigenvalue weighted by Crippen LogP contribution is -2.13. The lowest BCUT2D eigenvalue weighted by Gasteiger charge is -2.19. The van der Waals surface area contributed by atoms with Crippen molar-refractivity contribution in [2.24, 2.45) is 0 Å². The average Bonchev–Trinajstić information content (AvgIpc) is 3.00. The second-order valence-electron chi connectivity index (χ2n) is 5.52. The van der Waals surface area contributed by atoms with Crippen molar-refractivity contribution in [3.05, 3.63) is 41.5 Å². The van der Waals surface area contributed by atoms with Crippen molar-refractivity contribution in [2.75, 3.05) is 23.7 Å². The Hall–Kier alpha value is -2.82. The van der Waals surface area contributed by atoms with Crippen molar-refractivity contribution in [2.45, 2.75) is 13.8 Å². The molecule has 0 atom stereocenters. The molecule has 23 heavy (non-hydrogen) atoms. The molecular formula is C18H17N3O2. The molecule has 1 aliphatic carbocycles. The lowest BCUT2D eigenvalue weighted by molar-refractivity contribution is 0.104. The third kappa shape index (κ3) is 1.86. The Morgan fingerprint density at radius 2 is 1.74 bits per heavy atom. The van der Waals surface area contributed by atoms with Gasteiger partial charge < -0.3 is 15.2 Å². The maximum absolute atomic E-state index is 13.0. The van der Waals surface area contributed by atoms with Crippen molar-refractivity contribution < 1.29 is 9.32 Å². The number of carbonyl (C=O) groups excluding carboxylic acids is 1. The molecule has 5 nitrogen and oxygen atoms in total. The van der Waals surface area contributed by atoms with Gasteiger partial charge in [0.15, 0.2) is 11.5 Å². The summed E-state index contributed by atoms with van der Waals surface area (Å²) < 4.78 is 5.62. The zero-order valence-corrected chi connectivity index (χ0v) is 13.1. The Labute approximate surface area is 133 Å². The molecule has 2 N–H and O–H groups in total. The molecule has 0 fully saturated rings. The summed E-state index contributed by atoms with van der Waals surface area (Å²) >= 11 is 0. The second kappa shape index (κ2) is 5.12. The summed E-state index contributed by atoms with van der Waals surface area (Å²) in [5.74, 6) is 0.685. The fourth-order valence-corrected chi connectivity index (χ4v) is 3.21. The highest BCUT2D eigenvalue weighted by Gasteiger charge is 2.32. The summed E-state index contributed by atoms with van der Waals surface area (Å²) in [4.78, 5) is 13.0. The minimum Gasteiger partial charge on any atom is -0.385 e. The normalized spacial score (nSPS) is 12.3. The third-order valence-corrected chi connectivity index (χ3v) is 4.13. The molecule has 0 saturated heterocycles. The smallest absolute Gasteiger partial charge is 0.196 e. The highest BCUT2D eigenvalue weighted by molar-refractivity contribution is 6.28.